The molecule has 138 valence electrons. The number of hydrogen-bond donors (Lipinski definition) is 0. The summed E-state index contributed by atoms with van der Waals surface area (Å²) in [6.45, 7) is 1.49. The molecule has 0 unspecified atom stereocenters. The average Bonchev–Trinajstić information content (AvgIpc) is 2.64. The molecule has 26 heavy (non-hydrogen) atoms. The Morgan fingerprint density at radius 3 is 2.15 bits per heavy atom. The fourth-order valence-electron chi connectivity index (χ4n) is 2.79. The van der Waals surface area contributed by atoms with Crippen LogP contribution < -0.4 is 4.90 Å². The van der Waals surface area contributed by atoms with Gasteiger partial charge < -0.3 is 4.90 Å². The average molecular weight is 416 g/mol. The Bertz CT molecular complexity index is 927. The smallest absolute Gasteiger partial charge is 0.269 e. The zero-order chi connectivity index (χ0) is 18.9. The summed E-state index contributed by atoms with van der Waals surface area (Å²) in [4.78, 5) is 12.2. The third-order valence-electron chi connectivity index (χ3n) is 4.18. The first kappa shape index (κ1) is 18.9. The second kappa shape index (κ2) is 7.40. The van der Waals surface area contributed by atoms with Crippen LogP contribution in [-0.4, -0.2) is 43.8 Å². The molecule has 7 nitrogen and oxygen atoms in total. The molecule has 1 fully saturated rings. The number of nitro benzene ring substituents is 1. The van der Waals surface area contributed by atoms with Crippen molar-refractivity contribution in [3.8, 4) is 0 Å². The number of nitro groups is 1. The molecule has 0 amide bonds. The van der Waals surface area contributed by atoms with Crippen LogP contribution in [0.2, 0.25) is 10.0 Å². The monoisotopic (exact) mass is 415 g/mol. The van der Waals surface area contributed by atoms with Crippen molar-refractivity contribution in [3.63, 3.8) is 0 Å². The maximum Gasteiger partial charge on any atom is 0.269 e. The molecule has 1 saturated heterocycles. The maximum absolute atomic E-state index is 12.8. The highest BCUT2D eigenvalue weighted by Crippen LogP contribution is 2.29. The summed E-state index contributed by atoms with van der Waals surface area (Å²) in [5.41, 5.74) is 0.832. The minimum absolute atomic E-state index is 0.00421. The Labute approximate surface area is 160 Å². The Morgan fingerprint density at radius 1 is 0.962 bits per heavy atom. The van der Waals surface area contributed by atoms with Gasteiger partial charge in [-0.15, -0.1) is 0 Å². The van der Waals surface area contributed by atoms with E-state index in [0.29, 0.717) is 18.1 Å². The van der Waals surface area contributed by atoms with Crippen LogP contribution in [0.4, 0.5) is 11.4 Å². The molecule has 1 heterocycles. The van der Waals surface area contributed by atoms with E-state index in [1.54, 1.807) is 12.1 Å². The Balaban J connectivity index is 1.73. The van der Waals surface area contributed by atoms with Crippen LogP contribution in [0.15, 0.2) is 47.4 Å². The molecule has 2 aromatic carbocycles. The predicted octanol–water partition coefficient (Wildman–Crippen LogP) is 3.41. The lowest BCUT2D eigenvalue weighted by molar-refractivity contribution is -0.384. The summed E-state index contributed by atoms with van der Waals surface area (Å²) >= 11 is 11.9. The summed E-state index contributed by atoms with van der Waals surface area (Å²) in [6.07, 6.45) is 0. The molecule has 1 aliphatic heterocycles. The van der Waals surface area contributed by atoms with E-state index >= 15 is 0 Å². The van der Waals surface area contributed by atoms with E-state index in [-0.39, 0.29) is 28.7 Å². The highest BCUT2D eigenvalue weighted by Gasteiger charge is 2.30. The normalized spacial score (nSPS) is 15.8. The number of non-ortho nitro benzene ring substituents is 1. The molecule has 0 aromatic heterocycles. The van der Waals surface area contributed by atoms with Crippen molar-refractivity contribution < 1.29 is 13.3 Å². The summed E-state index contributed by atoms with van der Waals surface area (Å²) in [6, 6.07) is 10.5. The molecule has 0 aliphatic carbocycles. The van der Waals surface area contributed by atoms with Gasteiger partial charge in [-0.25, -0.2) is 8.42 Å². The van der Waals surface area contributed by atoms with Crippen LogP contribution >= 0.6 is 23.2 Å². The second-order valence-electron chi connectivity index (χ2n) is 5.74. The zero-order valence-corrected chi connectivity index (χ0v) is 15.8. The van der Waals surface area contributed by atoms with Crippen molar-refractivity contribution in [2.24, 2.45) is 0 Å². The minimum atomic E-state index is -3.74. The topological polar surface area (TPSA) is 83.8 Å². The molecule has 0 radical (unpaired) electrons. The van der Waals surface area contributed by atoms with E-state index in [9.17, 15) is 18.5 Å². The van der Waals surface area contributed by atoms with Gasteiger partial charge in [0.15, 0.2) is 0 Å². The van der Waals surface area contributed by atoms with Crippen molar-refractivity contribution in [2.75, 3.05) is 31.1 Å². The third kappa shape index (κ3) is 3.78. The third-order valence-corrected chi connectivity index (χ3v) is 6.79. The minimum Gasteiger partial charge on any atom is -0.369 e. The van der Waals surface area contributed by atoms with E-state index in [1.165, 1.54) is 34.6 Å². The lowest BCUT2D eigenvalue weighted by Crippen LogP contribution is -2.48. The largest absolute Gasteiger partial charge is 0.369 e. The van der Waals surface area contributed by atoms with Gasteiger partial charge in [-0.1, -0.05) is 23.2 Å². The van der Waals surface area contributed by atoms with E-state index in [2.05, 4.69) is 0 Å². The fraction of sp³-hybridized carbons (Fsp3) is 0.250. The number of halogens is 2. The zero-order valence-electron chi connectivity index (χ0n) is 13.5. The Morgan fingerprint density at radius 2 is 1.58 bits per heavy atom. The van der Waals surface area contributed by atoms with Crippen molar-refractivity contribution in [2.45, 2.75) is 4.90 Å². The van der Waals surface area contributed by atoms with Crippen molar-refractivity contribution in [3.05, 3.63) is 62.6 Å². The highest BCUT2D eigenvalue weighted by molar-refractivity contribution is 7.89. The van der Waals surface area contributed by atoms with Gasteiger partial charge in [0, 0.05) is 49.0 Å². The summed E-state index contributed by atoms with van der Waals surface area (Å²) in [7, 11) is -3.74. The van der Waals surface area contributed by atoms with Crippen LogP contribution in [0.3, 0.4) is 0 Å². The van der Waals surface area contributed by atoms with Gasteiger partial charge in [0.1, 0.15) is 4.90 Å². The highest BCUT2D eigenvalue weighted by atomic mass is 35.5. The molecule has 1 aliphatic rings. The molecular weight excluding hydrogens is 401 g/mol. The molecule has 0 N–H and O–H groups in total. The number of benzene rings is 2. The number of piperazine rings is 1. The fourth-order valence-corrected chi connectivity index (χ4v) is 4.95. The van der Waals surface area contributed by atoms with Gasteiger partial charge in [0.05, 0.1) is 9.95 Å². The Kier molecular flexibility index (Phi) is 5.38. The first-order chi connectivity index (χ1) is 12.3. The number of rotatable bonds is 4. The standard InChI is InChI=1S/C16H15Cl2N3O4S/c17-12-1-6-15(18)16(11-12)26(24,25)20-9-7-19(8-10-20)13-2-4-14(5-3-13)21(22)23/h1-6,11H,7-10H2. The van der Waals surface area contributed by atoms with Gasteiger partial charge in [-0.05, 0) is 30.3 Å². The van der Waals surface area contributed by atoms with Crippen molar-refractivity contribution in [1.82, 2.24) is 4.31 Å². The van der Waals surface area contributed by atoms with Crippen LogP contribution in [0.5, 0.6) is 0 Å². The van der Waals surface area contributed by atoms with E-state index in [1.807, 2.05) is 4.90 Å². The Hall–Kier alpha value is -1.87. The van der Waals surface area contributed by atoms with Gasteiger partial charge in [-0.3, -0.25) is 10.1 Å². The van der Waals surface area contributed by atoms with Crippen molar-refractivity contribution in [1.29, 1.82) is 0 Å². The van der Waals surface area contributed by atoms with Gasteiger partial charge >= 0.3 is 0 Å². The first-order valence-corrected chi connectivity index (χ1v) is 9.93. The molecular formula is C16H15Cl2N3O4S. The van der Waals surface area contributed by atoms with Crippen LogP contribution in [0.1, 0.15) is 0 Å². The van der Waals surface area contributed by atoms with E-state index in [0.717, 1.165) is 5.69 Å². The molecule has 0 bridgehead atoms. The SMILES string of the molecule is O=[N+]([O-])c1ccc(N2CCN(S(=O)(=O)c3cc(Cl)ccc3Cl)CC2)cc1. The first-order valence-electron chi connectivity index (χ1n) is 7.73. The number of nitrogens with zero attached hydrogens (tertiary/aromatic N) is 3. The molecule has 3 rings (SSSR count). The molecule has 0 spiro atoms. The second-order valence-corrected chi connectivity index (χ2v) is 8.49. The molecule has 0 saturated carbocycles. The molecule has 2 aromatic rings. The van der Waals surface area contributed by atoms with Gasteiger partial charge in [0.25, 0.3) is 5.69 Å². The molecule has 10 heteroatoms. The van der Waals surface area contributed by atoms with Gasteiger partial charge in [0.2, 0.25) is 10.0 Å². The maximum atomic E-state index is 12.8. The molecule has 0 atom stereocenters. The predicted molar refractivity (Wildman–Crippen MR) is 101 cm³/mol. The summed E-state index contributed by atoms with van der Waals surface area (Å²) < 4.78 is 27.0. The van der Waals surface area contributed by atoms with Crippen LogP contribution in [0, 0.1) is 10.1 Å². The van der Waals surface area contributed by atoms with Crippen LogP contribution in [-0.2, 0) is 10.0 Å². The number of sulfonamides is 1. The summed E-state index contributed by atoms with van der Waals surface area (Å²) in [5.74, 6) is 0. The summed E-state index contributed by atoms with van der Waals surface area (Å²) in [5, 5.41) is 11.2. The lowest BCUT2D eigenvalue weighted by atomic mass is 10.2. The van der Waals surface area contributed by atoms with Crippen LogP contribution in [0.25, 0.3) is 0 Å². The number of anilines is 1. The van der Waals surface area contributed by atoms with Gasteiger partial charge in [-0.2, -0.15) is 4.31 Å². The van der Waals surface area contributed by atoms with Crippen molar-refractivity contribution >= 4 is 44.6 Å². The van der Waals surface area contributed by atoms with E-state index in [4.69, 9.17) is 23.2 Å². The number of hydrogen-bond acceptors (Lipinski definition) is 5. The quantitative estimate of drug-likeness (QED) is 0.564. The van der Waals surface area contributed by atoms with E-state index < -0.39 is 14.9 Å². The lowest BCUT2D eigenvalue weighted by Gasteiger charge is -2.35.